The van der Waals surface area contributed by atoms with E-state index < -0.39 is 11.8 Å². The van der Waals surface area contributed by atoms with Crippen LogP contribution in [0.4, 0.5) is 4.79 Å². The molecule has 0 bridgehead atoms. The quantitative estimate of drug-likeness (QED) is 0.848. The number of nitrogens with zero attached hydrogens (tertiary/aromatic N) is 1. The molecular formula is C14H20N2O3. The minimum Gasteiger partial charge on any atom is -0.426 e. The van der Waals surface area contributed by atoms with Crippen LogP contribution in [0.3, 0.4) is 0 Å². The van der Waals surface area contributed by atoms with Gasteiger partial charge >= 0.3 is 6.09 Å². The minimum atomic E-state index is -0.549. The van der Waals surface area contributed by atoms with Crippen molar-refractivity contribution in [3.63, 3.8) is 0 Å². The summed E-state index contributed by atoms with van der Waals surface area (Å²) in [5.41, 5.74) is 2.78. The van der Waals surface area contributed by atoms with E-state index in [1.54, 1.807) is 0 Å². The maximum Gasteiger partial charge on any atom is 0.433 e. The van der Waals surface area contributed by atoms with E-state index >= 15 is 0 Å². The monoisotopic (exact) mass is 264 g/mol. The van der Waals surface area contributed by atoms with Gasteiger partial charge in [-0.05, 0) is 26.0 Å². The van der Waals surface area contributed by atoms with Gasteiger partial charge in [0.2, 0.25) is 0 Å². The summed E-state index contributed by atoms with van der Waals surface area (Å²) in [6.07, 6.45) is 1.33. The van der Waals surface area contributed by atoms with E-state index in [0.717, 1.165) is 24.9 Å². The van der Waals surface area contributed by atoms with Crippen LogP contribution < -0.4 is 5.48 Å². The maximum absolute atomic E-state index is 11.7. The zero-order valence-electron chi connectivity index (χ0n) is 11.4. The van der Waals surface area contributed by atoms with Crippen molar-refractivity contribution < 1.29 is 14.4 Å². The molecule has 19 heavy (non-hydrogen) atoms. The normalized spacial score (nSPS) is 23.3. The fourth-order valence-electron chi connectivity index (χ4n) is 2.17. The van der Waals surface area contributed by atoms with Crippen LogP contribution in [-0.4, -0.2) is 30.3 Å². The van der Waals surface area contributed by atoms with E-state index in [1.165, 1.54) is 0 Å². The molecule has 1 fully saturated rings. The molecule has 1 atom stereocenters. The molecule has 1 saturated heterocycles. The Balaban J connectivity index is 1.73. The number of ether oxygens (including phenoxy) is 1. The Kier molecular flexibility index (Phi) is 4.39. The van der Waals surface area contributed by atoms with Crippen molar-refractivity contribution in [2.45, 2.75) is 32.1 Å². The SMILES string of the molecule is CN1CCCC1(C)OC(=O)NOCc1ccccc1. The van der Waals surface area contributed by atoms with Crippen LogP contribution >= 0.6 is 0 Å². The highest BCUT2D eigenvalue weighted by Gasteiger charge is 2.37. The third-order valence-electron chi connectivity index (χ3n) is 3.49. The van der Waals surface area contributed by atoms with E-state index in [1.807, 2.05) is 49.2 Å². The molecule has 1 heterocycles. The topological polar surface area (TPSA) is 50.8 Å². The van der Waals surface area contributed by atoms with Crippen molar-refractivity contribution in [3.05, 3.63) is 35.9 Å². The third-order valence-corrected chi connectivity index (χ3v) is 3.49. The van der Waals surface area contributed by atoms with Crippen LogP contribution in [0.15, 0.2) is 30.3 Å². The van der Waals surface area contributed by atoms with E-state index in [9.17, 15) is 4.79 Å². The van der Waals surface area contributed by atoms with Crippen molar-refractivity contribution in [3.8, 4) is 0 Å². The highest BCUT2D eigenvalue weighted by molar-refractivity contribution is 5.66. The number of hydrogen-bond acceptors (Lipinski definition) is 4. The van der Waals surface area contributed by atoms with Gasteiger partial charge in [-0.15, -0.1) is 0 Å². The third kappa shape index (κ3) is 3.68. The number of benzene rings is 1. The summed E-state index contributed by atoms with van der Waals surface area (Å²) in [5, 5.41) is 0. The summed E-state index contributed by atoms with van der Waals surface area (Å²) in [4.78, 5) is 18.8. The molecule has 5 heteroatoms. The molecule has 0 aromatic heterocycles. The number of hydroxylamine groups is 1. The standard InChI is InChI=1S/C14H20N2O3/c1-14(9-6-10-16(14)2)19-13(17)15-18-11-12-7-4-3-5-8-12/h3-5,7-8H,6,9-11H2,1-2H3,(H,15,17). The lowest BCUT2D eigenvalue weighted by Gasteiger charge is -2.31. The van der Waals surface area contributed by atoms with E-state index in [2.05, 4.69) is 5.48 Å². The van der Waals surface area contributed by atoms with Gasteiger partial charge in [0.1, 0.15) is 0 Å². The number of hydrogen-bond donors (Lipinski definition) is 1. The van der Waals surface area contributed by atoms with Crippen LogP contribution in [0.1, 0.15) is 25.3 Å². The summed E-state index contributed by atoms with van der Waals surface area (Å²) in [5.74, 6) is 0. The molecule has 5 nitrogen and oxygen atoms in total. The Labute approximate surface area is 113 Å². The van der Waals surface area contributed by atoms with E-state index in [4.69, 9.17) is 9.57 Å². The number of amides is 1. The average Bonchev–Trinajstić information content (AvgIpc) is 2.70. The van der Waals surface area contributed by atoms with Crippen molar-refractivity contribution in [1.29, 1.82) is 0 Å². The summed E-state index contributed by atoms with van der Waals surface area (Å²) in [6, 6.07) is 9.64. The minimum absolute atomic E-state index is 0.322. The summed E-state index contributed by atoms with van der Waals surface area (Å²) < 4.78 is 5.40. The number of carbonyl (C=O) groups is 1. The molecule has 0 aliphatic carbocycles. The van der Waals surface area contributed by atoms with Crippen LogP contribution in [-0.2, 0) is 16.2 Å². The fraction of sp³-hybridized carbons (Fsp3) is 0.500. The molecule has 1 aromatic rings. The van der Waals surface area contributed by atoms with Crippen LogP contribution in [0.2, 0.25) is 0 Å². The molecule has 1 N–H and O–H groups in total. The molecule has 104 valence electrons. The summed E-state index contributed by atoms with van der Waals surface area (Å²) >= 11 is 0. The zero-order chi connectivity index (χ0) is 13.7. The lowest BCUT2D eigenvalue weighted by molar-refractivity contribution is -0.0823. The van der Waals surface area contributed by atoms with E-state index in [-0.39, 0.29) is 0 Å². The van der Waals surface area contributed by atoms with Crippen LogP contribution in [0.5, 0.6) is 0 Å². The summed E-state index contributed by atoms with van der Waals surface area (Å²) in [6.45, 7) is 3.17. The first-order valence-electron chi connectivity index (χ1n) is 6.46. The maximum atomic E-state index is 11.7. The highest BCUT2D eigenvalue weighted by atomic mass is 16.7. The van der Waals surface area contributed by atoms with Crippen molar-refractivity contribution in [2.75, 3.05) is 13.6 Å². The number of likely N-dealkylation sites (tertiary alicyclic amines) is 1. The molecule has 0 radical (unpaired) electrons. The molecule has 1 unspecified atom stereocenters. The first-order chi connectivity index (χ1) is 9.10. The molecular weight excluding hydrogens is 244 g/mol. The van der Waals surface area contributed by atoms with Gasteiger partial charge in [0.05, 0.1) is 6.61 Å². The zero-order valence-corrected chi connectivity index (χ0v) is 11.4. The molecule has 1 aliphatic heterocycles. The second kappa shape index (κ2) is 6.04. The van der Waals surface area contributed by atoms with Crippen molar-refractivity contribution in [2.24, 2.45) is 0 Å². The molecule has 1 aromatic carbocycles. The fourth-order valence-corrected chi connectivity index (χ4v) is 2.17. The largest absolute Gasteiger partial charge is 0.433 e. The van der Waals surface area contributed by atoms with Gasteiger partial charge in [0.15, 0.2) is 5.72 Å². The van der Waals surface area contributed by atoms with Gasteiger partial charge in [-0.2, -0.15) is 5.48 Å². The molecule has 0 spiro atoms. The van der Waals surface area contributed by atoms with Crippen LogP contribution in [0.25, 0.3) is 0 Å². The van der Waals surface area contributed by atoms with E-state index in [0.29, 0.717) is 6.61 Å². The first-order valence-corrected chi connectivity index (χ1v) is 6.46. The molecule has 0 saturated carbocycles. The smallest absolute Gasteiger partial charge is 0.426 e. The molecule has 1 aliphatic rings. The number of nitrogens with one attached hydrogen (secondary N) is 1. The summed E-state index contributed by atoms with van der Waals surface area (Å²) in [7, 11) is 1.95. The van der Waals surface area contributed by atoms with Crippen LogP contribution in [0, 0.1) is 0 Å². The number of rotatable bonds is 4. The predicted molar refractivity (Wildman–Crippen MR) is 71.1 cm³/mol. The highest BCUT2D eigenvalue weighted by Crippen LogP contribution is 2.28. The second-order valence-corrected chi connectivity index (χ2v) is 4.97. The Hall–Kier alpha value is -1.59. The lowest BCUT2D eigenvalue weighted by Crippen LogP contribution is -2.44. The number of carbonyl (C=O) groups excluding carboxylic acids is 1. The van der Waals surface area contributed by atoms with Crippen molar-refractivity contribution >= 4 is 6.09 Å². The Morgan fingerprint density at radius 1 is 1.42 bits per heavy atom. The van der Waals surface area contributed by atoms with Gasteiger partial charge in [0, 0.05) is 13.0 Å². The Morgan fingerprint density at radius 3 is 2.79 bits per heavy atom. The molecule has 1 amide bonds. The predicted octanol–water partition coefficient (Wildman–Crippen LogP) is 2.29. The average molecular weight is 264 g/mol. The first kappa shape index (κ1) is 13.8. The van der Waals surface area contributed by atoms with Crippen molar-refractivity contribution in [1.82, 2.24) is 10.4 Å². The second-order valence-electron chi connectivity index (χ2n) is 4.97. The molecule has 2 rings (SSSR count). The van der Waals surface area contributed by atoms with Gasteiger partial charge in [-0.1, -0.05) is 30.3 Å². The van der Waals surface area contributed by atoms with Gasteiger partial charge in [-0.3, -0.25) is 9.74 Å². The van der Waals surface area contributed by atoms with Gasteiger partial charge in [0.25, 0.3) is 0 Å². The Morgan fingerprint density at radius 2 is 2.16 bits per heavy atom. The van der Waals surface area contributed by atoms with Gasteiger partial charge < -0.3 is 4.74 Å². The van der Waals surface area contributed by atoms with Gasteiger partial charge in [-0.25, -0.2) is 4.79 Å². The Bertz CT molecular complexity index is 424. The lowest BCUT2D eigenvalue weighted by atomic mass is 10.2.